The molecule has 0 spiro atoms. The SMILES string of the molecule is Fc1ccc2ccn(Cc3ccn(C4CCCC4)n3)c2c1. The van der Waals surface area contributed by atoms with Crippen LogP contribution in [0.25, 0.3) is 10.9 Å². The highest BCUT2D eigenvalue weighted by atomic mass is 19.1. The fraction of sp³-hybridized carbons (Fsp3) is 0.353. The van der Waals surface area contributed by atoms with E-state index in [9.17, 15) is 4.39 Å². The minimum Gasteiger partial charge on any atom is -0.341 e. The summed E-state index contributed by atoms with van der Waals surface area (Å²) in [4.78, 5) is 0. The van der Waals surface area contributed by atoms with Gasteiger partial charge in [-0.1, -0.05) is 12.8 Å². The van der Waals surface area contributed by atoms with Crippen molar-refractivity contribution in [2.24, 2.45) is 0 Å². The maximum atomic E-state index is 13.4. The molecule has 0 aliphatic heterocycles. The summed E-state index contributed by atoms with van der Waals surface area (Å²) in [6, 6.07) is 9.56. The Kier molecular flexibility index (Phi) is 3.02. The van der Waals surface area contributed by atoms with Crippen LogP contribution in [0.15, 0.2) is 42.7 Å². The molecule has 108 valence electrons. The van der Waals surface area contributed by atoms with Crippen LogP contribution in [0.4, 0.5) is 4.39 Å². The molecule has 4 heteroatoms. The molecule has 1 aliphatic carbocycles. The Balaban J connectivity index is 1.61. The Morgan fingerprint density at radius 2 is 1.95 bits per heavy atom. The average Bonchev–Trinajstić information content (AvgIpc) is 3.20. The zero-order chi connectivity index (χ0) is 14.2. The summed E-state index contributed by atoms with van der Waals surface area (Å²) in [5.74, 6) is -0.195. The van der Waals surface area contributed by atoms with Crippen molar-refractivity contribution in [3.63, 3.8) is 0 Å². The molecule has 1 aromatic carbocycles. The normalized spacial score (nSPS) is 16.0. The van der Waals surface area contributed by atoms with E-state index < -0.39 is 0 Å². The quantitative estimate of drug-likeness (QED) is 0.708. The summed E-state index contributed by atoms with van der Waals surface area (Å²) < 4.78 is 17.6. The van der Waals surface area contributed by atoms with Crippen molar-refractivity contribution in [3.8, 4) is 0 Å². The van der Waals surface area contributed by atoms with E-state index in [1.807, 2.05) is 18.3 Å². The first-order chi connectivity index (χ1) is 10.3. The van der Waals surface area contributed by atoms with Gasteiger partial charge in [0.2, 0.25) is 0 Å². The van der Waals surface area contributed by atoms with E-state index in [1.54, 1.807) is 6.07 Å². The first kappa shape index (κ1) is 12.6. The van der Waals surface area contributed by atoms with Crippen molar-refractivity contribution in [3.05, 3.63) is 54.2 Å². The molecule has 4 rings (SSSR count). The standard InChI is InChI=1S/C17H18FN3/c18-14-6-5-13-7-9-20(17(13)11-14)12-15-8-10-21(19-15)16-3-1-2-4-16/h5-11,16H,1-4,12H2. The van der Waals surface area contributed by atoms with Crippen molar-refractivity contribution in [2.75, 3.05) is 0 Å². The summed E-state index contributed by atoms with van der Waals surface area (Å²) in [7, 11) is 0. The van der Waals surface area contributed by atoms with Gasteiger partial charge in [0.1, 0.15) is 5.82 Å². The second kappa shape index (κ2) is 5.02. The molecule has 21 heavy (non-hydrogen) atoms. The Morgan fingerprint density at radius 3 is 2.81 bits per heavy atom. The maximum Gasteiger partial charge on any atom is 0.125 e. The van der Waals surface area contributed by atoms with Crippen LogP contribution in [0.3, 0.4) is 0 Å². The van der Waals surface area contributed by atoms with Gasteiger partial charge in [0.25, 0.3) is 0 Å². The summed E-state index contributed by atoms with van der Waals surface area (Å²) in [5.41, 5.74) is 1.95. The highest BCUT2D eigenvalue weighted by Crippen LogP contribution is 2.28. The molecule has 2 heterocycles. The lowest BCUT2D eigenvalue weighted by atomic mass is 10.2. The van der Waals surface area contributed by atoms with Gasteiger partial charge in [-0.3, -0.25) is 4.68 Å². The van der Waals surface area contributed by atoms with Gasteiger partial charge in [-0.05, 0) is 48.6 Å². The Labute approximate surface area is 123 Å². The molecular weight excluding hydrogens is 265 g/mol. The minimum atomic E-state index is -0.195. The fourth-order valence-corrected chi connectivity index (χ4v) is 3.30. The fourth-order valence-electron chi connectivity index (χ4n) is 3.30. The van der Waals surface area contributed by atoms with Gasteiger partial charge in [-0.25, -0.2) is 4.39 Å². The van der Waals surface area contributed by atoms with E-state index in [0.717, 1.165) is 16.6 Å². The molecule has 3 aromatic rings. The molecule has 0 atom stereocenters. The molecule has 0 amide bonds. The number of hydrogen-bond donors (Lipinski definition) is 0. The molecule has 1 saturated carbocycles. The van der Waals surface area contributed by atoms with E-state index in [4.69, 9.17) is 5.10 Å². The highest BCUT2D eigenvalue weighted by molar-refractivity contribution is 5.80. The first-order valence-corrected chi connectivity index (χ1v) is 7.58. The van der Waals surface area contributed by atoms with Crippen molar-refractivity contribution >= 4 is 10.9 Å². The molecule has 0 bridgehead atoms. The topological polar surface area (TPSA) is 22.8 Å². The molecule has 1 aliphatic rings. The number of benzene rings is 1. The van der Waals surface area contributed by atoms with Gasteiger partial charge in [-0.2, -0.15) is 5.10 Å². The van der Waals surface area contributed by atoms with Crippen LogP contribution in [0, 0.1) is 5.82 Å². The van der Waals surface area contributed by atoms with Crippen molar-refractivity contribution in [2.45, 2.75) is 38.3 Å². The second-order valence-electron chi connectivity index (χ2n) is 5.87. The van der Waals surface area contributed by atoms with Crippen LogP contribution in [-0.2, 0) is 6.54 Å². The number of fused-ring (bicyclic) bond motifs is 1. The van der Waals surface area contributed by atoms with E-state index in [2.05, 4.69) is 21.5 Å². The smallest absolute Gasteiger partial charge is 0.125 e. The molecular formula is C17H18FN3. The van der Waals surface area contributed by atoms with Crippen LogP contribution in [0.1, 0.15) is 37.4 Å². The van der Waals surface area contributed by atoms with Gasteiger partial charge >= 0.3 is 0 Å². The van der Waals surface area contributed by atoms with Gasteiger partial charge in [-0.15, -0.1) is 0 Å². The van der Waals surface area contributed by atoms with Crippen LogP contribution in [0.5, 0.6) is 0 Å². The summed E-state index contributed by atoms with van der Waals surface area (Å²) in [5, 5.41) is 5.76. The second-order valence-corrected chi connectivity index (χ2v) is 5.87. The van der Waals surface area contributed by atoms with Crippen LogP contribution in [-0.4, -0.2) is 14.3 Å². The predicted molar refractivity (Wildman–Crippen MR) is 80.7 cm³/mol. The van der Waals surface area contributed by atoms with E-state index in [1.165, 1.54) is 31.7 Å². The van der Waals surface area contributed by atoms with E-state index in [0.29, 0.717) is 12.6 Å². The monoisotopic (exact) mass is 283 g/mol. The number of hydrogen-bond acceptors (Lipinski definition) is 1. The van der Waals surface area contributed by atoms with Crippen molar-refractivity contribution in [1.29, 1.82) is 0 Å². The third-order valence-corrected chi connectivity index (χ3v) is 4.43. The Bertz CT molecular complexity index is 765. The lowest BCUT2D eigenvalue weighted by Gasteiger charge is -2.09. The average molecular weight is 283 g/mol. The lowest BCUT2D eigenvalue weighted by Crippen LogP contribution is -2.06. The molecule has 2 aromatic heterocycles. The lowest BCUT2D eigenvalue weighted by molar-refractivity contribution is 0.462. The molecule has 0 radical (unpaired) electrons. The third-order valence-electron chi connectivity index (χ3n) is 4.43. The molecule has 3 nitrogen and oxygen atoms in total. The Hall–Kier alpha value is -2.10. The maximum absolute atomic E-state index is 13.4. The number of halogens is 1. The summed E-state index contributed by atoms with van der Waals surface area (Å²) >= 11 is 0. The van der Waals surface area contributed by atoms with Crippen LogP contribution in [0.2, 0.25) is 0 Å². The third kappa shape index (κ3) is 2.35. The summed E-state index contributed by atoms with van der Waals surface area (Å²) in [6.07, 6.45) is 9.16. The predicted octanol–water partition coefficient (Wildman–Crippen LogP) is 4.14. The van der Waals surface area contributed by atoms with Crippen molar-refractivity contribution in [1.82, 2.24) is 14.3 Å². The molecule has 0 N–H and O–H groups in total. The van der Waals surface area contributed by atoms with Crippen LogP contribution < -0.4 is 0 Å². The Morgan fingerprint density at radius 1 is 1.10 bits per heavy atom. The van der Waals surface area contributed by atoms with Gasteiger partial charge in [0, 0.05) is 12.4 Å². The zero-order valence-corrected chi connectivity index (χ0v) is 11.9. The molecule has 1 fully saturated rings. The summed E-state index contributed by atoms with van der Waals surface area (Å²) in [6.45, 7) is 0.687. The van der Waals surface area contributed by atoms with E-state index >= 15 is 0 Å². The number of rotatable bonds is 3. The van der Waals surface area contributed by atoms with Crippen LogP contribution >= 0.6 is 0 Å². The minimum absolute atomic E-state index is 0.195. The number of nitrogens with zero attached hydrogens (tertiary/aromatic N) is 3. The van der Waals surface area contributed by atoms with Gasteiger partial charge in [0.05, 0.1) is 23.8 Å². The highest BCUT2D eigenvalue weighted by Gasteiger charge is 2.17. The largest absolute Gasteiger partial charge is 0.341 e. The first-order valence-electron chi connectivity index (χ1n) is 7.58. The van der Waals surface area contributed by atoms with E-state index in [-0.39, 0.29) is 5.82 Å². The molecule has 0 saturated heterocycles. The van der Waals surface area contributed by atoms with Crippen molar-refractivity contribution < 1.29 is 4.39 Å². The zero-order valence-electron chi connectivity index (χ0n) is 11.9. The van der Waals surface area contributed by atoms with Gasteiger partial charge in [0.15, 0.2) is 0 Å². The molecule has 0 unspecified atom stereocenters. The van der Waals surface area contributed by atoms with Gasteiger partial charge < -0.3 is 4.57 Å². The number of aromatic nitrogens is 3.